The van der Waals surface area contributed by atoms with E-state index in [1.807, 2.05) is 0 Å². The Hall–Kier alpha value is -2.43. The van der Waals surface area contributed by atoms with Crippen molar-refractivity contribution < 1.29 is 0 Å². The molecule has 0 radical (unpaired) electrons. The molecule has 1 fully saturated rings. The van der Waals surface area contributed by atoms with E-state index in [9.17, 15) is 0 Å². The number of benzene rings is 3. The van der Waals surface area contributed by atoms with Gasteiger partial charge in [-0.1, -0.05) is 67.7 Å². The number of para-hydroxylation sites is 4. The molecule has 0 saturated heterocycles. The van der Waals surface area contributed by atoms with Gasteiger partial charge in [0, 0.05) is 5.25 Å². The molecule has 0 aromatic heterocycles. The molecule has 6 rings (SSSR count). The van der Waals surface area contributed by atoms with Crippen molar-refractivity contribution >= 4 is 48.3 Å². The number of hydrogen-bond acceptors (Lipinski definition) is 3. The molecule has 1 saturated carbocycles. The number of rotatable bonds is 3. The Morgan fingerprint density at radius 1 is 0.812 bits per heavy atom. The van der Waals surface area contributed by atoms with Crippen LogP contribution in [0.5, 0.6) is 0 Å². The van der Waals surface area contributed by atoms with Gasteiger partial charge in [0.2, 0.25) is 0 Å². The lowest BCUT2D eigenvalue weighted by Gasteiger charge is -2.47. The number of fused-ring (bicyclic) bond motifs is 3. The lowest BCUT2D eigenvalue weighted by atomic mass is 9.91. The third-order valence-corrected chi connectivity index (χ3v) is 13.6. The maximum Gasteiger partial charge on any atom is 0.160 e. The van der Waals surface area contributed by atoms with E-state index in [2.05, 4.69) is 121 Å². The molecule has 0 spiro atoms. The van der Waals surface area contributed by atoms with Crippen LogP contribution in [0.25, 0.3) is 5.57 Å². The Kier molecular flexibility index (Phi) is 4.77. The average Bonchev–Trinajstić information content (AvgIpc) is 3.35. The van der Waals surface area contributed by atoms with E-state index in [-0.39, 0.29) is 0 Å². The van der Waals surface area contributed by atoms with Gasteiger partial charge >= 0.3 is 0 Å². The lowest BCUT2D eigenvalue weighted by molar-refractivity contribution is 0.726. The van der Waals surface area contributed by atoms with Crippen molar-refractivity contribution in [3.63, 3.8) is 0 Å². The van der Waals surface area contributed by atoms with E-state index < -0.39 is 8.24 Å². The van der Waals surface area contributed by atoms with Gasteiger partial charge in [-0.15, -0.1) is 11.8 Å². The second-order valence-corrected chi connectivity index (χ2v) is 15.7. The summed E-state index contributed by atoms with van der Waals surface area (Å²) in [6.45, 7) is 7.57. The highest BCUT2D eigenvalue weighted by Gasteiger charge is 2.53. The minimum Gasteiger partial charge on any atom is -0.366 e. The smallest absolute Gasteiger partial charge is 0.160 e. The first kappa shape index (κ1) is 20.2. The molecule has 2 aliphatic heterocycles. The zero-order chi connectivity index (χ0) is 21.9. The van der Waals surface area contributed by atoms with Gasteiger partial charge in [-0.25, -0.2) is 0 Å². The highest BCUT2D eigenvalue weighted by molar-refractivity contribution is 8.04. The fraction of sp³-hybridized carbons (Fsp3) is 0.286. The van der Waals surface area contributed by atoms with Crippen molar-refractivity contribution in [2.45, 2.75) is 43.7 Å². The van der Waals surface area contributed by atoms with Gasteiger partial charge in [0.1, 0.15) is 0 Å². The number of thioether (sulfide) groups is 1. The third kappa shape index (κ3) is 3.00. The summed E-state index contributed by atoms with van der Waals surface area (Å²) in [5.41, 5.74) is 8.97. The normalized spacial score (nSPS) is 24.1. The van der Waals surface area contributed by atoms with Gasteiger partial charge in [-0.3, -0.25) is 0 Å². The molecular weight excluding hydrogens is 424 g/mol. The Balaban J connectivity index is 1.40. The van der Waals surface area contributed by atoms with Gasteiger partial charge in [0.15, 0.2) is 8.24 Å². The first-order valence-electron chi connectivity index (χ1n) is 11.7. The van der Waals surface area contributed by atoms with Gasteiger partial charge in [0.05, 0.1) is 22.7 Å². The highest BCUT2D eigenvalue weighted by Crippen LogP contribution is 2.62. The molecule has 0 amide bonds. The molecule has 1 aliphatic carbocycles. The summed E-state index contributed by atoms with van der Waals surface area (Å²) in [5, 5.41) is 4.38. The quantitative estimate of drug-likeness (QED) is 0.400. The zero-order valence-corrected chi connectivity index (χ0v) is 20.8. The molecular formula is C28H30N2SSi. The Labute approximate surface area is 196 Å². The molecule has 162 valence electrons. The molecule has 2 nitrogen and oxygen atoms in total. The fourth-order valence-corrected chi connectivity index (χ4v) is 13.0. The van der Waals surface area contributed by atoms with E-state index in [4.69, 9.17) is 0 Å². The lowest BCUT2D eigenvalue weighted by Crippen LogP contribution is -2.52. The van der Waals surface area contributed by atoms with Gasteiger partial charge in [-0.2, -0.15) is 0 Å². The average molecular weight is 455 g/mol. The number of nitrogens with one attached hydrogen (secondary N) is 1. The van der Waals surface area contributed by atoms with E-state index in [1.54, 1.807) is 10.5 Å². The van der Waals surface area contributed by atoms with Crippen LogP contribution in [0.4, 0.5) is 22.7 Å². The molecule has 32 heavy (non-hydrogen) atoms. The van der Waals surface area contributed by atoms with Crippen molar-refractivity contribution in [2.24, 2.45) is 5.92 Å². The molecule has 0 bridgehead atoms. The summed E-state index contributed by atoms with van der Waals surface area (Å²) in [5.74, 6) is 0.688. The van der Waals surface area contributed by atoms with Crippen LogP contribution >= 0.6 is 11.8 Å². The second kappa shape index (κ2) is 7.57. The molecule has 3 aromatic rings. The largest absolute Gasteiger partial charge is 0.366 e. The number of nitrogens with zero attached hydrogens (tertiary/aromatic N) is 1. The Morgan fingerprint density at radius 3 is 2.06 bits per heavy atom. The summed E-state index contributed by atoms with van der Waals surface area (Å²) in [6, 6.07) is 28.8. The monoisotopic (exact) mass is 454 g/mol. The van der Waals surface area contributed by atoms with Gasteiger partial charge in [0.25, 0.3) is 0 Å². The topological polar surface area (TPSA) is 15.3 Å². The maximum absolute atomic E-state index is 3.68. The summed E-state index contributed by atoms with van der Waals surface area (Å²) in [4.78, 5) is 1.54. The first-order chi connectivity index (χ1) is 15.6. The first-order valence-corrected chi connectivity index (χ1v) is 15.6. The second-order valence-electron chi connectivity index (χ2n) is 9.86. The zero-order valence-electron chi connectivity index (χ0n) is 19.0. The summed E-state index contributed by atoms with van der Waals surface area (Å²) in [7, 11) is -1.87. The van der Waals surface area contributed by atoms with Crippen LogP contribution in [-0.2, 0) is 0 Å². The van der Waals surface area contributed by atoms with E-state index in [1.165, 1.54) is 41.2 Å². The van der Waals surface area contributed by atoms with E-state index in [0.29, 0.717) is 11.2 Å². The SMILES string of the molecule is CC1=C(c2ccccc2)[C@H]2CCC([Si](C)(C)N3c4ccccc4Nc4ccccc43)[C@H]2S1. The van der Waals surface area contributed by atoms with Crippen LogP contribution in [0.15, 0.2) is 83.8 Å². The summed E-state index contributed by atoms with van der Waals surface area (Å²) >= 11 is 2.17. The summed E-state index contributed by atoms with van der Waals surface area (Å²) < 4.78 is 2.76. The maximum atomic E-state index is 3.68. The third-order valence-electron chi connectivity index (χ3n) is 7.77. The minimum atomic E-state index is -1.87. The van der Waals surface area contributed by atoms with Crippen LogP contribution in [0, 0.1) is 5.92 Å². The highest BCUT2D eigenvalue weighted by atomic mass is 32.2. The molecule has 3 aliphatic rings. The predicted molar refractivity (Wildman–Crippen MR) is 143 cm³/mol. The predicted octanol–water partition coefficient (Wildman–Crippen LogP) is 8.41. The summed E-state index contributed by atoms with van der Waals surface area (Å²) in [6.07, 6.45) is 2.65. The van der Waals surface area contributed by atoms with Crippen molar-refractivity contribution in [3.8, 4) is 0 Å². The van der Waals surface area contributed by atoms with Gasteiger partial charge in [-0.05, 0) is 71.5 Å². The number of hydrogen-bond donors (Lipinski definition) is 1. The van der Waals surface area contributed by atoms with Gasteiger partial charge < -0.3 is 9.88 Å². The van der Waals surface area contributed by atoms with Crippen molar-refractivity contribution in [1.29, 1.82) is 0 Å². The van der Waals surface area contributed by atoms with Crippen LogP contribution in [0.2, 0.25) is 18.6 Å². The van der Waals surface area contributed by atoms with Crippen LogP contribution < -0.4 is 9.88 Å². The minimum absolute atomic E-state index is 0.688. The van der Waals surface area contributed by atoms with Crippen LogP contribution in [0.1, 0.15) is 25.3 Å². The van der Waals surface area contributed by atoms with E-state index >= 15 is 0 Å². The van der Waals surface area contributed by atoms with Crippen LogP contribution in [0.3, 0.4) is 0 Å². The standard InChI is InChI=1S/C28H30N2SSi/c1-19-27(20-11-5-4-6-12-20)21-17-18-26(28(21)31-19)32(2,3)30-24-15-9-7-13-22(24)29-23-14-8-10-16-25(23)30/h4-16,21,26,28-29H,17-18H2,1-3H3/t21-,26?,28+/m1/s1. The van der Waals surface area contributed by atoms with Crippen molar-refractivity contribution in [2.75, 3.05) is 9.88 Å². The molecule has 3 aromatic carbocycles. The van der Waals surface area contributed by atoms with E-state index in [0.717, 1.165) is 5.54 Å². The molecule has 3 atom stereocenters. The van der Waals surface area contributed by atoms with Crippen molar-refractivity contribution in [1.82, 2.24) is 0 Å². The fourth-order valence-electron chi connectivity index (χ4n) is 6.37. The molecule has 1 N–H and O–H groups in total. The Bertz CT molecular complexity index is 1160. The number of anilines is 4. The van der Waals surface area contributed by atoms with Crippen molar-refractivity contribution in [3.05, 3.63) is 89.3 Å². The van der Waals surface area contributed by atoms with Crippen LogP contribution in [-0.4, -0.2) is 13.5 Å². The Morgan fingerprint density at radius 2 is 1.41 bits per heavy atom. The molecule has 1 unspecified atom stereocenters. The molecule has 2 heterocycles. The molecule has 4 heteroatoms. The number of allylic oxidation sites excluding steroid dienone is 2.